The Morgan fingerprint density at radius 3 is 2.87 bits per heavy atom. The Hall–Kier alpha value is -2.90. The van der Waals surface area contributed by atoms with Crippen molar-refractivity contribution in [1.29, 1.82) is 0 Å². The number of amides is 2. The van der Waals surface area contributed by atoms with E-state index >= 15 is 0 Å². The SMILES string of the molecule is O=C(N[C@H](Cc1c[nH]c2ccccc12)C(=O)N1CCc2sccc2C1)c1cccs1. The Labute approximate surface area is 182 Å². The summed E-state index contributed by atoms with van der Waals surface area (Å²) in [6.45, 7) is 1.29. The van der Waals surface area contributed by atoms with E-state index in [1.165, 1.54) is 21.8 Å². The third-order valence-corrected chi connectivity index (χ3v) is 7.46. The third-order valence-electron chi connectivity index (χ3n) is 5.57. The van der Waals surface area contributed by atoms with E-state index in [0.717, 1.165) is 22.9 Å². The molecule has 1 aliphatic heterocycles. The highest BCUT2D eigenvalue weighted by Crippen LogP contribution is 2.25. The molecule has 4 aromatic rings. The predicted octanol–water partition coefficient (Wildman–Crippen LogP) is 4.22. The molecular weight excluding hydrogens is 414 g/mol. The molecule has 0 fully saturated rings. The van der Waals surface area contributed by atoms with E-state index in [1.807, 2.05) is 46.8 Å². The van der Waals surface area contributed by atoms with E-state index in [0.29, 0.717) is 24.4 Å². The van der Waals surface area contributed by atoms with Crippen molar-refractivity contribution in [2.45, 2.75) is 25.4 Å². The maximum Gasteiger partial charge on any atom is 0.262 e. The first-order chi connectivity index (χ1) is 14.7. The van der Waals surface area contributed by atoms with E-state index < -0.39 is 6.04 Å². The van der Waals surface area contributed by atoms with Gasteiger partial charge in [-0.25, -0.2) is 0 Å². The number of nitrogens with zero attached hydrogens (tertiary/aromatic N) is 1. The number of benzene rings is 1. The van der Waals surface area contributed by atoms with Gasteiger partial charge in [0.05, 0.1) is 4.88 Å². The zero-order valence-electron chi connectivity index (χ0n) is 16.3. The summed E-state index contributed by atoms with van der Waals surface area (Å²) in [7, 11) is 0. The highest BCUT2D eigenvalue weighted by atomic mass is 32.1. The van der Waals surface area contributed by atoms with Crippen molar-refractivity contribution in [3.63, 3.8) is 0 Å². The van der Waals surface area contributed by atoms with Crippen molar-refractivity contribution in [2.75, 3.05) is 6.54 Å². The van der Waals surface area contributed by atoms with Gasteiger partial charge in [0, 0.05) is 41.5 Å². The fourth-order valence-corrected chi connectivity index (χ4v) is 5.53. The van der Waals surface area contributed by atoms with E-state index in [1.54, 1.807) is 17.4 Å². The van der Waals surface area contributed by atoms with Crippen LogP contribution in [0, 0.1) is 0 Å². The molecule has 4 heterocycles. The van der Waals surface area contributed by atoms with Gasteiger partial charge in [0.25, 0.3) is 5.91 Å². The van der Waals surface area contributed by atoms with Gasteiger partial charge < -0.3 is 15.2 Å². The van der Waals surface area contributed by atoms with Gasteiger partial charge in [0.15, 0.2) is 0 Å². The average Bonchev–Trinajstić information content (AvgIpc) is 3.53. The lowest BCUT2D eigenvalue weighted by atomic mass is 10.0. The molecule has 0 bridgehead atoms. The van der Waals surface area contributed by atoms with Gasteiger partial charge in [-0.2, -0.15) is 0 Å². The number of aromatic nitrogens is 1. The molecule has 0 saturated heterocycles. The second-order valence-corrected chi connectivity index (χ2v) is 9.39. The fraction of sp³-hybridized carbons (Fsp3) is 0.217. The fourth-order valence-electron chi connectivity index (χ4n) is 4.01. The summed E-state index contributed by atoms with van der Waals surface area (Å²) >= 11 is 3.13. The van der Waals surface area contributed by atoms with E-state index in [2.05, 4.69) is 21.7 Å². The summed E-state index contributed by atoms with van der Waals surface area (Å²) in [6, 6.07) is 13.1. The first-order valence-corrected chi connectivity index (χ1v) is 11.7. The zero-order valence-corrected chi connectivity index (χ0v) is 17.9. The minimum absolute atomic E-state index is 0.0259. The Balaban J connectivity index is 1.41. The minimum Gasteiger partial charge on any atom is -0.361 e. The topological polar surface area (TPSA) is 65.2 Å². The highest BCUT2D eigenvalue weighted by Gasteiger charge is 2.30. The van der Waals surface area contributed by atoms with Gasteiger partial charge in [-0.05, 0) is 46.5 Å². The summed E-state index contributed by atoms with van der Waals surface area (Å²) in [4.78, 5) is 33.4. The van der Waals surface area contributed by atoms with E-state index in [9.17, 15) is 9.59 Å². The van der Waals surface area contributed by atoms with Crippen molar-refractivity contribution in [2.24, 2.45) is 0 Å². The van der Waals surface area contributed by atoms with Crippen LogP contribution in [0.4, 0.5) is 0 Å². The van der Waals surface area contributed by atoms with Gasteiger partial charge in [-0.1, -0.05) is 24.3 Å². The summed E-state index contributed by atoms with van der Waals surface area (Å²) < 4.78 is 0. The van der Waals surface area contributed by atoms with Crippen LogP contribution >= 0.6 is 22.7 Å². The van der Waals surface area contributed by atoms with Gasteiger partial charge in [-0.3, -0.25) is 9.59 Å². The predicted molar refractivity (Wildman–Crippen MR) is 121 cm³/mol. The summed E-state index contributed by atoms with van der Waals surface area (Å²) in [5.74, 6) is -0.224. The smallest absolute Gasteiger partial charge is 0.262 e. The summed E-state index contributed by atoms with van der Waals surface area (Å²) in [5, 5.41) is 8.04. The lowest BCUT2D eigenvalue weighted by molar-refractivity contribution is -0.134. The molecule has 0 radical (unpaired) electrons. The van der Waals surface area contributed by atoms with Crippen LogP contribution in [0.2, 0.25) is 0 Å². The number of rotatable bonds is 5. The van der Waals surface area contributed by atoms with Crippen molar-refractivity contribution >= 4 is 45.4 Å². The van der Waals surface area contributed by atoms with Crippen LogP contribution in [0.15, 0.2) is 59.4 Å². The van der Waals surface area contributed by atoms with Crippen molar-refractivity contribution in [3.8, 4) is 0 Å². The molecule has 30 heavy (non-hydrogen) atoms. The molecule has 0 unspecified atom stereocenters. The number of hydrogen-bond donors (Lipinski definition) is 2. The average molecular weight is 436 g/mol. The molecule has 2 amide bonds. The lowest BCUT2D eigenvalue weighted by Gasteiger charge is -2.31. The Morgan fingerprint density at radius 1 is 1.10 bits per heavy atom. The maximum absolute atomic E-state index is 13.5. The van der Waals surface area contributed by atoms with Crippen molar-refractivity contribution in [3.05, 3.63) is 80.3 Å². The normalized spacial score (nSPS) is 14.5. The molecule has 7 heteroatoms. The highest BCUT2D eigenvalue weighted by molar-refractivity contribution is 7.12. The molecule has 1 aromatic carbocycles. The molecule has 5 rings (SSSR count). The van der Waals surface area contributed by atoms with Crippen LogP contribution in [0.25, 0.3) is 10.9 Å². The number of para-hydroxylation sites is 1. The molecule has 152 valence electrons. The number of carbonyl (C=O) groups excluding carboxylic acids is 2. The van der Waals surface area contributed by atoms with Crippen LogP contribution in [0.3, 0.4) is 0 Å². The van der Waals surface area contributed by atoms with Gasteiger partial charge >= 0.3 is 0 Å². The monoisotopic (exact) mass is 435 g/mol. The first-order valence-electron chi connectivity index (χ1n) is 9.92. The van der Waals surface area contributed by atoms with E-state index in [-0.39, 0.29) is 11.8 Å². The molecule has 5 nitrogen and oxygen atoms in total. The molecule has 2 N–H and O–H groups in total. The second-order valence-electron chi connectivity index (χ2n) is 7.45. The second kappa shape index (κ2) is 8.08. The molecular formula is C23H21N3O2S2. The molecule has 0 spiro atoms. The largest absolute Gasteiger partial charge is 0.361 e. The molecule has 1 atom stereocenters. The van der Waals surface area contributed by atoms with Crippen LogP contribution < -0.4 is 5.32 Å². The van der Waals surface area contributed by atoms with Gasteiger partial charge in [-0.15, -0.1) is 22.7 Å². The van der Waals surface area contributed by atoms with Crippen LogP contribution in [-0.2, 0) is 24.2 Å². The number of aromatic amines is 1. The number of carbonyl (C=O) groups is 2. The van der Waals surface area contributed by atoms with Crippen LogP contribution in [0.1, 0.15) is 25.7 Å². The molecule has 1 aliphatic rings. The number of nitrogens with one attached hydrogen (secondary N) is 2. The van der Waals surface area contributed by atoms with Crippen molar-refractivity contribution < 1.29 is 9.59 Å². The number of H-pyrrole nitrogens is 1. The quantitative estimate of drug-likeness (QED) is 0.493. The number of hydrogen-bond acceptors (Lipinski definition) is 4. The van der Waals surface area contributed by atoms with Crippen LogP contribution in [-0.4, -0.2) is 34.3 Å². The van der Waals surface area contributed by atoms with Gasteiger partial charge in [0.1, 0.15) is 6.04 Å². The molecule has 0 aliphatic carbocycles. The van der Waals surface area contributed by atoms with Crippen LogP contribution in [0.5, 0.6) is 0 Å². The standard InChI is InChI=1S/C23H21N3O2S2/c27-22(21-6-3-10-29-21)25-19(12-16-13-24-18-5-2-1-4-17(16)18)23(28)26-9-7-20-15(14-26)8-11-30-20/h1-6,8,10-11,13,19,24H,7,9,12,14H2,(H,25,27)/t19-/m1/s1. The molecule has 0 saturated carbocycles. The Bertz CT molecular complexity index is 1190. The maximum atomic E-state index is 13.5. The summed E-state index contributed by atoms with van der Waals surface area (Å²) in [5.41, 5.74) is 3.28. The number of fused-ring (bicyclic) bond motifs is 2. The van der Waals surface area contributed by atoms with Crippen molar-refractivity contribution in [1.82, 2.24) is 15.2 Å². The Morgan fingerprint density at radius 2 is 2.00 bits per heavy atom. The van der Waals surface area contributed by atoms with Gasteiger partial charge in [0.2, 0.25) is 5.91 Å². The minimum atomic E-state index is -0.612. The Kier molecular flexibility index (Phi) is 5.14. The van der Waals surface area contributed by atoms with E-state index in [4.69, 9.17) is 0 Å². The molecule has 3 aromatic heterocycles. The zero-order chi connectivity index (χ0) is 20.5. The summed E-state index contributed by atoms with van der Waals surface area (Å²) in [6.07, 6.45) is 3.26. The first kappa shape index (κ1) is 19.1. The number of thiophene rings is 2. The third kappa shape index (κ3) is 3.66. The lowest BCUT2D eigenvalue weighted by Crippen LogP contribution is -2.50.